The van der Waals surface area contributed by atoms with E-state index in [2.05, 4.69) is 190 Å². The zero-order valence-corrected chi connectivity index (χ0v) is 34.1. The van der Waals surface area contributed by atoms with Gasteiger partial charge >= 0.3 is 17.1 Å². The Bertz CT molecular complexity index is 2470. The van der Waals surface area contributed by atoms with Crippen LogP contribution in [0.25, 0.3) is 22.9 Å². The van der Waals surface area contributed by atoms with Gasteiger partial charge in [-0.25, -0.2) is 13.8 Å². The monoisotopic (exact) mass is 859 g/mol. The molecule has 0 amide bonds. The van der Waals surface area contributed by atoms with Gasteiger partial charge in [-0.15, -0.1) is 0 Å². The molecule has 59 heavy (non-hydrogen) atoms. The molecule has 0 fully saturated rings. The maximum atomic E-state index is 13.6. The van der Waals surface area contributed by atoms with Crippen molar-refractivity contribution in [3.63, 3.8) is 0 Å². The molecule has 2 heterocycles. The second-order valence-corrected chi connectivity index (χ2v) is 17.2. The zero-order valence-electron chi connectivity index (χ0n) is 31.4. The van der Waals surface area contributed by atoms with E-state index in [1.54, 1.807) is 24.4 Å². The number of para-hydroxylation sites is 2. The number of benzene rings is 7. The molecular formula is C49H36CuF2N4OP2+2. The van der Waals surface area contributed by atoms with Gasteiger partial charge in [0.1, 0.15) is 28.8 Å². The Morgan fingerprint density at radius 3 is 1.27 bits per heavy atom. The SMILES string of the molecule is Fc1cccc(F)c1-c1n[nH]c(-c2ccccn2)n1.[Cu+2].c1ccc(P(c2ccccc2)c2ccccc2Oc2ccccc2P(c2ccccc2)c2ccccc2)cc1. The average molecular weight is 860 g/mol. The smallest absolute Gasteiger partial charge is 0.456 e. The van der Waals surface area contributed by atoms with Crippen LogP contribution in [0, 0.1) is 11.6 Å². The summed E-state index contributed by atoms with van der Waals surface area (Å²) in [5.41, 5.74) is 0.305. The van der Waals surface area contributed by atoms with Crippen molar-refractivity contribution in [3.05, 3.63) is 224 Å². The minimum absolute atomic E-state index is 0. The van der Waals surface area contributed by atoms with E-state index in [1.807, 2.05) is 0 Å². The van der Waals surface area contributed by atoms with E-state index < -0.39 is 27.5 Å². The van der Waals surface area contributed by atoms with Gasteiger partial charge in [-0.3, -0.25) is 10.1 Å². The van der Waals surface area contributed by atoms with Crippen LogP contribution in [0.1, 0.15) is 0 Å². The molecule has 291 valence electrons. The number of nitrogens with zero attached hydrogens (tertiary/aromatic N) is 3. The number of aromatic amines is 1. The number of aromatic nitrogens is 4. The largest absolute Gasteiger partial charge is 2.00 e. The van der Waals surface area contributed by atoms with Crippen molar-refractivity contribution in [1.82, 2.24) is 20.2 Å². The topological polar surface area (TPSA) is 63.7 Å². The third-order valence-electron chi connectivity index (χ3n) is 9.07. The molecule has 0 aliphatic carbocycles. The van der Waals surface area contributed by atoms with Crippen molar-refractivity contribution in [1.29, 1.82) is 0 Å². The third kappa shape index (κ3) is 9.78. The molecule has 1 N–H and O–H groups in total. The van der Waals surface area contributed by atoms with Crippen LogP contribution in [-0.2, 0) is 17.1 Å². The maximum Gasteiger partial charge on any atom is 2.00 e. The predicted octanol–water partition coefficient (Wildman–Crippen LogP) is 9.80. The molecule has 0 spiro atoms. The van der Waals surface area contributed by atoms with Crippen molar-refractivity contribution in [2.24, 2.45) is 0 Å². The van der Waals surface area contributed by atoms with Crippen LogP contribution in [0.5, 0.6) is 11.5 Å². The summed E-state index contributed by atoms with van der Waals surface area (Å²) in [4.78, 5) is 8.14. The molecule has 5 nitrogen and oxygen atoms in total. The Morgan fingerprint density at radius 2 is 0.847 bits per heavy atom. The Balaban J connectivity index is 0.000000221. The molecule has 9 rings (SSSR count). The Morgan fingerprint density at radius 1 is 0.441 bits per heavy atom. The van der Waals surface area contributed by atoms with Crippen LogP contribution in [-0.4, -0.2) is 20.2 Å². The van der Waals surface area contributed by atoms with Gasteiger partial charge in [0.15, 0.2) is 11.6 Å². The number of ether oxygens (including phenoxy) is 1. The number of pyridine rings is 1. The standard InChI is InChI=1S/C36H28OP2.C13H8F2N4.Cu/c1-5-17-29(18-6-1)38(30-19-7-2-8-20-30)35-27-15-13-25-33(35)37-34-26-14-16-28-36(34)39(31-21-9-3-10-22-31)32-23-11-4-12-24-32;14-8-4-3-5-9(15)11(8)13-17-12(18-19-13)10-6-1-2-7-16-10;/h1-28H;1-7H,(H,17,18,19);/q;;+2. The van der Waals surface area contributed by atoms with Crippen molar-refractivity contribution in [3.8, 4) is 34.4 Å². The van der Waals surface area contributed by atoms with Gasteiger partial charge in [0.2, 0.25) is 0 Å². The molecule has 0 saturated heterocycles. The van der Waals surface area contributed by atoms with Gasteiger partial charge in [-0.2, -0.15) is 5.10 Å². The second-order valence-electron chi connectivity index (χ2n) is 12.9. The first-order valence-electron chi connectivity index (χ1n) is 18.6. The van der Waals surface area contributed by atoms with E-state index in [4.69, 9.17) is 4.74 Å². The van der Waals surface area contributed by atoms with Crippen LogP contribution >= 0.6 is 15.8 Å². The number of rotatable bonds is 10. The van der Waals surface area contributed by atoms with Crippen molar-refractivity contribution in [2.45, 2.75) is 0 Å². The van der Waals surface area contributed by atoms with E-state index >= 15 is 0 Å². The van der Waals surface area contributed by atoms with Gasteiger partial charge in [0.05, 0.1) is 5.56 Å². The number of halogens is 2. The molecule has 1 radical (unpaired) electrons. The fourth-order valence-corrected chi connectivity index (χ4v) is 11.2. The van der Waals surface area contributed by atoms with Crippen LogP contribution in [0.2, 0.25) is 0 Å². The quantitative estimate of drug-likeness (QED) is 0.110. The number of hydrogen-bond donors (Lipinski definition) is 1. The fraction of sp³-hybridized carbons (Fsp3) is 0. The average Bonchev–Trinajstić information content (AvgIpc) is 3.77. The molecule has 10 heteroatoms. The van der Waals surface area contributed by atoms with E-state index in [1.165, 1.54) is 37.9 Å². The molecule has 0 bridgehead atoms. The van der Waals surface area contributed by atoms with Gasteiger partial charge in [0, 0.05) is 16.8 Å². The zero-order chi connectivity index (χ0) is 39.5. The van der Waals surface area contributed by atoms with Crippen molar-refractivity contribution >= 4 is 47.7 Å². The molecule has 2 aromatic heterocycles. The number of nitrogens with one attached hydrogen (secondary N) is 1. The van der Waals surface area contributed by atoms with E-state index in [0.29, 0.717) is 11.5 Å². The van der Waals surface area contributed by atoms with Crippen LogP contribution < -0.4 is 36.6 Å². The second kappa shape index (κ2) is 20.0. The molecule has 0 unspecified atom stereocenters. The Labute approximate surface area is 355 Å². The normalized spacial score (nSPS) is 10.7. The first-order chi connectivity index (χ1) is 28.6. The molecule has 7 aromatic carbocycles. The minimum atomic E-state index is -0.795. The maximum absolute atomic E-state index is 13.6. The van der Waals surface area contributed by atoms with Gasteiger partial charge in [0.25, 0.3) is 0 Å². The van der Waals surface area contributed by atoms with Crippen molar-refractivity contribution in [2.75, 3.05) is 0 Å². The summed E-state index contributed by atoms with van der Waals surface area (Å²) in [6.45, 7) is 0. The van der Waals surface area contributed by atoms with Crippen LogP contribution in [0.15, 0.2) is 212 Å². The minimum Gasteiger partial charge on any atom is -0.456 e. The molecule has 9 aromatic rings. The summed E-state index contributed by atoms with van der Waals surface area (Å²) in [5, 5.41) is 14.1. The summed E-state index contributed by atoms with van der Waals surface area (Å²) < 4.78 is 34.1. The predicted molar refractivity (Wildman–Crippen MR) is 235 cm³/mol. The summed E-state index contributed by atoms with van der Waals surface area (Å²) in [5.74, 6) is 0.729. The molecule has 0 saturated carbocycles. The molecule has 0 atom stereocenters. The summed E-state index contributed by atoms with van der Waals surface area (Å²) in [7, 11) is -1.59. The van der Waals surface area contributed by atoms with Crippen LogP contribution in [0.4, 0.5) is 8.78 Å². The van der Waals surface area contributed by atoms with Crippen LogP contribution in [0.3, 0.4) is 0 Å². The number of hydrogen-bond acceptors (Lipinski definition) is 4. The van der Waals surface area contributed by atoms with Gasteiger partial charge < -0.3 is 4.74 Å². The third-order valence-corrected chi connectivity index (χ3v) is 14.0. The fourth-order valence-electron chi connectivity index (χ4n) is 6.44. The molecular weight excluding hydrogens is 824 g/mol. The number of H-pyrrole nitrogens is 1. The molecule has 0 aliphatic heterocycles. The van der Waals surface area contributed by atoms with Gasteiger partial charge in [-0.1, -0.05) is 170 Å². The Kier molecular flexibility index (Phi) is 13.9. The summed E-state index contributed by atoms with van der Waals surface area (Å²) in [6, 6.07) is 69.1. The van der Waals surface area contributed by atoms with E-state index in [-0.39, 0.29) is 28.5 Å². The van der Waals surface area contributed by atoms with E-state index in [9.17, 15) is 8.78 Å². The van der Waals surface area contributed by atoms with Gasteiger partial charge in [-0.05, 0) is 73.5 Å². The summed E-state index contributed by atoms with van der Waals surface area (Å²) in [6.07, 6.45) is 1.60. The summed E-state index contributed by atoms with van der Waals surface area (Å²) >= 11 is 0. The molecule has 0 aliphatic rings. The van der Waals surface area contributed by atoms with E-state index in [0.717, 1.165) is 23.6 Å². The first kappa shape index (κ1) is 41.0. The van der Waals surface area contributed by atoms with Crippen molar-refractivity contribution < 1.29 is 30.6 Å². The Hall–Kier alpha value is -6.13. The first-order valence-corrected chi connectivity index (χ1v) is 21.3.